The largest absolute Gasteiger partial charge is 0.365 e. The second-order valence-electron chi connectivity index (χ2n) is 1.89. The van der Waals surface area contributed by atoms with Gasteiger partial charge in [0.05, 0.1) is 6.54 Å². The van der Waals surface area contributed by atoms with E-state index in [1.165, 1.54) is 0 Å². The number of hydrogen-bond donors (Lipinski definition) is 2. The highest BCUT2D eigenvalue weighted by molar-refractivity contribution is 6.29. The smallest absolute Gasteiger partial charge is 0.251 e. The fraction of sp³-hybridized carbons (Fsp3) is 0.400. The summed E-state index contributed by atoms with van der Waals surface area (Å²) in [4.78, 5) is 13.4. The number of nitro groups is 1. The summed E-state index contributed by atoms with van der Waals surface area (Å²) in [6, 6.07) is 0. The van der Waals surface area contributed by atoms with Crippen LogP contribution in [0.25, 0.3) is 0 Å². The van der Waals surface area contributed by atoms with Crippen LogP contribution < -0.4 is 11.2 Å². The van der Waals surface area contributed by atoms with Gasteiger partial charge >= 0.3 is 0 Å². The van der Waals surface area contributed by atoms with Gasteiger partial charge in [0.1, 0.15) is 0 Å². The van der Waals surface area contributed by atoms with Gasteiger partial charge in [0.25, 0.3) is 5.96 Å². The molecule has 12 heavy (non-hydrogen) atoms. The van der Waals surface area contributed by atoms with Gasteiger partial charge in [-0.3, -0.25) is 0 Å². The van der Waals surface area contributed by atoms with Gasteiger partial charge in [0.2, 0.25) is 0 Å². The predicted octanol–water partition coefficient (Wildman–Crippen LogP) is 0.225. The molecule has 0 heterocycles. The number of guanidine groups is 1. The molecule has 0 unspecified atom stereocenters. The summed E-state index contributed by atoms with van der Waals surface area (Å²) in [6.07, 6.45) is 1.58. The van der Waals surface area contributed by atoms with Crippen molar-refractivity contribution in [3.63, 3.8) is 0 Å². The van der Waals surface area contributed by atoms with E-state index in [9.17, 15) is 10.1 Å². The van der Waals surface area contributed by atoms with Crippen LogP contribution in [-0.4, -0.2) is 17.5 Å². The maximum atomic E-state index is 9.80. The summed E-state index contributed by atoms with van der Waals surface area (Å²) >= 11 is 5.46. The Morgan fingerprint density at radius 2 is 2.50 bits per heavy atom. The molecule has 6 nitrogen and oxygen atoms in total. The molecule has 3 N–H and O–H groups in total. The van der Waals surface area contributed by atoms with Gasteiger partial charge in [-0.2, -0.15) is 0 Å². The van der Waals surface area contributed by atoms with Crippen LogP contribution in [0.1, 0.15) is 6.92 Å². The number of allylic oxidation sites excluding steroid dienone is 1. The Morgan fingerprint density at radius 3 is 2.92 bits per heavy atom. The van der Waals surface area contributed by atoms with Crippen molar-refractivity contribution in [2.75, 3.05) is 6.54 Å². The minimum Gasteiger partial charge on any atom is -0.365 e. The first-order valence-electron chi connectivity index (χ1n) is 3.05. The first-order chi connectivity index (χ1) is 5.52. The van der Waals surface area contributed by atoms with Crippen molar-refractivity contribution >= 4 is 17.6 Å². The third-order valence-corrected chi connectivity index (χ3v) is 0.994. The van der Waals surface area contributed by atoms with Crippen molar-refractivity contribution in [3.05, 3.63) is 21.2 Å². The number of aliphatic imine (C=N–C) groups is 1. The van der Waals surface area contributed by atoms with Crippen LogP contribution in [0.4, 0.5) is 0 Å². The van der Waals surface area contributed by atoms with Gasteiger partial charge in [-0.15, -0.1) is 0 Å². The summed E-state index contributed by atoms with van der Waals surface area (Å²) in [5.41, 5.74) is 6.78. The van der Waals surface area contributed by atoms with Crippen molar-refractivity contribution in [2.24, 2.45) is 10.7 Å². The van der Waals surface area contributed by atoms with E-state index in [4.69, 9.17) is 17.3 Å². The molecule has 0 atom stereocenters. The van der Waals surface area contributed by atoms with E-state index in [-0.39, 0.29) is 12.5 Å². The fourth-order valence-corrected chi connectivity index (χ4v) is 0.468. The monoisotopic (exact) mass is 192 g/mol. The molecule has 0 amide bonds. The molecule has 68 valence electrons. The van der Waals surface area contributed by atoms with Crippen LogP contribution in [0.15, 0.2) is 16.1 Å². The number of halogens is 1. The van der Waals surface area contributed by atoms with E-state index in [0.29, 0.717) is 5.03 Å². The van der Waals surface area contributed by atoms with Gasteiger partial charge in [0, 0.05) is 5.03 Å². The van der Waals surface area contributed by atoms with Crippen molar-refractivity contribution in [1.29, 1.82) is 0 Å². The Labute approximate surface area is 74.2 Å². The minimum atomic E-state index is -0.782. The highest BCUT2D eigenvalue weighted by Gasteiger charge is 1.96. The molecule has 0 saturated heterocycles. The second kappa shape index (κ2) is 5.36. The highest BCUT2D eigenvalue weighted by Crippen LogP contribution is 1.96. The minimum absolute atomic E-state index is 0.224. The van der Waals surface area contributed by atoms with Crippen molar-refractivity contribution < 1.29 is 5.03 Å². The standard InChI is InChI=1S/C5H9ClN4O2/c1-4(6)2-3-8-5(7)9-10(11)12/h2H,3H2,1H3,(H3,7,8,9). The van der Waals surface area contributed by atoms with Gasteiger partial charge in [0.15, 0.2) is 5.03 Å². The van der Waals surface area contributed by atoms with E-state index in [0.717, 1.165) is 0 Å². The first kappa shape index (κ1) is 10.7. The van der Waals surface area contributed by atoms with Gasteiger partial charge in [-0.1, -0.05) is 17.0 Å². The Kier molecular flexibility index (Phi) is 4.78. The lowest BCUT2D eigenvalue weighted by Crippen LogP contribution is -2.36. The zero-order valence-electron chi connectivity index (χ0n) is 6.45. The molecule has 0 bridgehead atoms. The Morgan fingerprint density at radius 1 is 1.92 bits per heavy atom. The van der Waals surface area contributed by atoms with Crippen LogP contribution >= 0.6 is 11.6 Å². The Bertz CT molecular complexity index is 221. The lowest BCUT2D eigenvalue weighted by atomic mass is 10.5. The summed E-state index contributed by atoms with van der Waals surface area (Å²) in [5, 5.41) is 9.58. The van der Waals surface area contributed by atoms with Gasteiger partial charge < -0.3 is 5.73 Å². The lowest BCUT2D eigenvalue weighted by molar-refractivity contribution is -0.525. The molecule has 0 radical (unpaired) electrons. The lowest BCUT2D eigenvalue weighted by Gasteiger charge is -1.93. The Balaban J connectivity index is 3.85. The van der Waals surface area contributed by atoms with Crippen LogP contribution in [0.2, 0.25) is 0 Å². The number of nitrogens with one attached hydrogen (secondary N) is 1. The topological polar surface area (TPSA) is 93.5 Å². The van der Waals surface area contributed by atoms with Crippen LogP contribution in [0.5, 0.6) is 0 Å². The van der Waals surface area contributed by atoms with Crippen LogP contribution in [0, 0.1) is 10.1 Å². The van der Waals surface area contributed by atoms with Crippen LogP contribution in [0.3, 0.4) is 0 Å². The second-order valence-corrected chi connectivity index (χ2v) is 2.48. The van der Waals surface area contributed by atoms with Crippen molar-refractivity contribution in [3.8, 4) is 0 Å². The van der Waals surface area contributed by atoms with Crippen LogP contribution in [-0.2, 0) is 0 Å². The summed E-state index contributed by atoms with van der Waals surface area (Å²) in [5.74, 6) is -0.242. The molecule has 0 saturated carbocycles. The molecule has 0 aliphatic carbocycles. The summed E-state index contributed by atoms with van der Waals surface area (Å²) in [7, 11) is 0. The number of rotatable bonds is 3. The Hall–Kier alpha value is -1.30. The predicted molar refractivity (Wildman–Crippen MR) is 46.2 cm³/mol. The zero-order valence-corrected chi connectivity index (χ0v) is 7.21. The maximum absolute atomic E-state index is 9.80. The third-order valence-electron chi connectivity index (χ3n) is 0.840. The van der Waals surface area contributed by atoms with E-state index in [1.54, 1.807) is 18.4 Å². The molecule has 7 heteroatoms. The average molecular weight is 193 g/mol. The molecule has 0 fully saturated rings. The number of nitrogens with two attached hydrogens (primary N) is 1. The molecule has 0 spiro atoms. The third kappa shape index (κ3) is 6.81. The first-order valence-corrected chi connectivity index (χ1v) is 3.43. The number of nitrogens with zero attached hydrogens (tertiary/aromatic N) is 2. The van der Waals surface area contributed by atoms with E-state index < -0.39 is 5.03 Å². The quantitative estimate of drug-likeness (QED) is 0.290. The SMILES string of the molecule is CC(Cl)=CCN=C(N)N[N+](=O)[O-]. The molecule has 0 aromatic heterocycles. The molecule has 0 aromatic carbocycles. The molecule has 0 aliphatic rings. The number of hydrazine groups is 1. The normalized spacial score (nSPS) is 12.8. The molecule has 0 rings (SSSR count). The molecular formula is C5H9ClN4O2. The molecular weight excluding hydrogens is 184 g/mol. The van der Waals surface area contributed by atoms with E-state index in [1.807, 2.05) is 0 Å². The summed E-state index contributed by atoms with van der Waals surface area (Å²) < 4.78 is 0. The van der Waals surface area contributed by atoms with Gasteiger partial charge in [-0.05, 0) is 13.0 Å². The number of hydrogen-bond acceptors (Lipinski definition) is 3. The molecule has 0 aromatic rings. The maximum Gasteiger partial charge on any atom is 0.251 e. The van der Waals surface area contributed by atoms with E-state index >= 15 is 0 Å². The average Bonchev–Trinajstić information content (AvgIpc) is 1.84. The fourth-order valence-electron chi connectivity index (χ4n) is 0.399. The molecule has 0 aliphatic heterocycles. The highest BCUT2D eigenvalue weighted by atomic mass is 35.5. The van der Waals surface area contributed by atoms with Crippen molar-refractivity contribution in [2.45, 2.75) is 6.92 Å². The van der Waals surface area contributed by atoms with Crippen molar-refractivity contribution in [1.82, 2.24) is 5.43 Å². The van der Waals surface area contributed by atoms with E-state index in [2.05, 4.69) is 4.99 Å². The summed E-state index contributed by atoms with van der Waals surface area (Å²) in [6.45, 7) is 1.90. The zero-order chi connectivity index (χ0) is 9.56. The van der Waals surface area contributed by atoms with Gasteiger partial charge in [-0.25, -0.2) is 15.1 Å².